The molecule has 2 amide bonds. The average molecular weight is 422 g/mol. The third-order valence-electron chi connectivity index (χ3n) is 5.22. The Morgan fingerprint density at radius 3 is 2.73 bits per heavy atom. The number of aryl methyl sites for hydroxylation is 2. The summed E-state index contributed by atoms with van der Waals surface area (Å²) in [6, 6.07) is 11.3. The zero-order chi connectivity index (χ0) is 21.1. The van der Waals surface area contributed by atoms with Crippen molar-refractivity contribution in [3.63, 3.8) is 0 Å². The number of para-hydroxylation sites is 1. The van der Waals surface area contributed by atoms with E-state index in [4.69, 9.17) is 4.42 Å². The van der Waals surface area contributed by atoms with E-state index >= 15 is 0 Å². The fourth-order valence-corrected chi connectivity index (χ4v) is 4.32. The molecule has 2 aromatic heterocycles. The molecule has 4 rings (SSSR count). The van der Waals surface area contributed by atoms with Crippen molar-refractivity contribution in [1.82, 2.24) is 5.43 Å². The molecule has 1 aromatic carbocycles. The average Bonchev–Trinajstić information content (AvgIpc) is 3.41. The molecule has 0 saturated carbocycles. The molecule has 7 heteroatoms. The van der Waals surface area contributed by atoms with Crippen molar-refractivity contribution in [3.8, 4) is 0 Å². The second-order valence-electron chi connectivity index (χ2n) is 7.15. The van der Waals surface area contributed by atoms with Crippen LogP contribution in [0.3, 0.4) is 0 Å². The number of benzene rings is 1. The standard InChI is InChI=1S/C23H23N3O3S/c1-3-15-8-4-5-9-16(15)24-23(28)21-14(2)20-17(10-6-11-18(20)29-21)25-26-22(27)19-12-7-13-30-19/h4-5,7-9,12-13H,3,6,10-11H2,1-2H3,(H,24,28)(H,26,27)/b25-17+. The number of rotatable bonds is 5. The lowest BCUT2D eigenvalue weighted by atomic mass is 9.93. The Morgan fingerprint density at radius 1 is 1.13 bits per heavy atom. The number of amides is 2. The Labute approximate surface area is 179 Å². The number of fused-ring (bicyclic) bond motifs is 1. The number of hydrazone groups is 1. The molecule has 3 aromatic rings. The highest BCUT2D eigenvalue weighted by molar-refractivity contribution is 7.12. The van der Waals surface area contributed by atoms with Gasteiger partial charge in [-0.25, -0.2) is 5.43 Å². The Bertz CT molecular complexity index is 1110. The molecule has 0 bridgehead atoms. The Balaban J connectivity index is 1.59. The highest BCUT2D eigenvalue weighted by Crippen LogP contribution is 2.30. The SMILES string of the molecule is CCc1ccccc1NC(=O)c1oc2c(c1C)/C(=N/NC(=O)c1cccs1)CCC2. The van der Waals surface area contributed by atoms with Gasteiger partial charge >= 0.3 is 0 Å². The molecule has 2 heterocycles. The van der Waals surface area contributed by atoms with Crippen LogP contribution in [0.4, 0.5) is 5.69 Å². The number of nitrogens with zero attached hydrogens (tertiary/aromatic N) is 1. The minimum absolute atomic E-state index is 0.236. The summed E-state index contributed by atoms with van der Waals surface area (Å²) in [5, 5.41) is 9.18. The first-order chi connectivity index (χ1) is 14.6. The molecular formula is C23H23N3O3S. The topological polar surface area (TPSA) is 83.7 Å². The minimum Gasteiger partial charge on any atom is -0.455 e. The van der Waals surface area contributed by atoms with Gasteiger partial charge in [-0.15, -0.1) is 11.3 Å². The van der Waals surface area contributed by atoms with Crippen LogP contribution in [-0.2, 0) is 12.8 Å². The first-order valence-corrected chi connectivity index (χ1v) is 10.9. The molecule has 1 aliphatic rings. The fraction of sp³-hybridized carbons (Fsp3) is 0.261. The molecule has 0 radical (unpaired) electrons. The summed E-state index contributed by atoms with van der Waals surface area (Å²) in [6.45, 7) is 3.92. The second-order valence-corrected chi connectivity index (χ2v) is 8.10. The van der Waals surface area contributed by atoms with Gasteiger partial charge in [-0.3, -0.25) is 9.59 Å². The van der Waals surface area contributed by atoms with Gasteiger partial charge in [0.1, 0.15) is 5.76 Å². The minimum atomic E-state index is -0.273. The smallest absolute Gasteiger partial charge is 0.291 e. The van der Waals surface area contributed by atoms with Gasteiger partial charge < -0.3 is 9.73 Å². The highest BCUT2D eigenvalue weighted by Gasteiger charge is 2.28. The molecule has 0 unspecified atom stereocenters. The van der Waals surface area contributed by atoms with Crippen molar-refractivity contribution in [3.05, 3.63) is 74.9 Å². The monoisotopic (exact) mass is 421 g/mol. The van der Waals surface area contributed by atoms with Crippen LogP contribution < -0.4 is 10.7 Å². The van der Waals surface area contributed by atoms with Crippen molar-refractivity contribution in [2.75, 3.05) is 5.32 Å². The van der Waals surface area contributed by atoms with Crippen LogP contribution in [0, 0.1) is 6.92 Å². The van der Waals surface area contributed by atoms with E-state index in [1.54, 1.807) is 6.07 Å². The maximum atomic E-state index is 12.9. The largest absolute Gasteiger partial charge is 0.455 e. The predicted molar refractivity (Wildman–Crippen MR) is 118 cm³/mol. The van der Waals surface area contributed by atoms with Gasteiger partial charge in [0, 0.05) is 23.2 Å². The van der Waals surface area contributed by atoms with Gasteiger partial charge in [-0.1, -0.05) is 31.2 Å². The summed E-state index contributed by atoms with van der Waals surface area (Å²) >= 11 is 1.37. The highest BCUT2D eigenvalue weighted by atomic mass is 32.1. The molecule has 0 fully saturated rings. The molecule has 1 aliphatic carbocycles. The van der Waals surface area contributed by atoms with Crippen LogP contribution in [0.15, 0.2) is 51.3 Å². The van der Waals surface area contributed by atoms with E-state index < -0.39 is 0 Å². The third-order valence-corrected chi connectivity index (χ3v) is 6.08. The van der Waals surface area contributed by atoms with E-state index in [-0.39, 0.29) is 11.8 Å². The zero-order valence-corrected chi connectivity index (χ0v) is 17.8. The van der Waals surface area contributed by atoms with Crippen molar-refractivity contribution < 1.29 is 14.0 Å². The van der Waals surface area contributed by atoms with E-state index in [0.29, 0.717) is 10.6 Å². The number of furan rings is 1. The molecule has 6 nitrogen and oxygen atoms in total. The van der Waals surface area contributed by atoms with Crippen LogP contribution in [0.2, 0.25) is 0 Å². The van der Waals surface area contributed by atoms with Gasteiger partial charge in [-0.05, 0) is 49.3 Å². The summed E-state index contributed by atoms with van der Waals surface area (Å²) in [7, 11) is 0. The lowest BCUT2D eigenvalue weighted by Gasteiger charge is -2.13. The van der Waals surface area contributed by atoms with Gasteiger partial charge in [0.05, 0.1) is 10.6 Å². The van der Waals surface area contributed by atoms with Crippen LogP contribution in [-0.4, -0.2) is 17.5 Å². The third kappa shape index (κ3) is 3.93. The Morgan fingerprint density at radius 2 is 1.97 bits per heavy atom. The number of hydrogen-bond donors (Lipinski definition) is 2. The van der Waals surface area contributed by atoms with Crippen molar-refractivity contribution in [2.45, 2.75) is 39.5 Å². The molecule has 0 saturated heterocycles. The van der Waals surface area contributed by atoms with Gasteiger partial charge in [0.15, 0.2) is 5.76 Å². The number of carbonyl (C=O) groups excluding carboxylic acids is 2. The summed E-state index contributed by atoms with van der Waals surface area (Å²) < 4.78 is 5.95. The maximum Gasteiger partial charge on any atom is 0.291 e. The normalized spacial score (nSPS) is 14.4. The first kappa shape index (κ1) is 20.1. The summed E-state index contributed by atoms with van der Waals surface area (Å²) in [5.41, 5.74) is 6.82. The van der Waals surface area contributed by atoms with E-state index in [1.165, 1.54) is 11.3 Å². The number of anilines is 1. The van der Waals surface area contributed by atoms with E-state index in [2.05, 4.69) is 22.8 Å². The molecule has 2 N–H and O–H groups in total. The number of hydrogen-bond acceptors (Lipinski definition) is 5. The molecule has 30 heavy (non-hydrogen) atoms. The molecule has 0 aliphatic heterocycles. The van der Waals surface area contributed by atoms with Gasteiger partial charge in [0.25, 0.3) is 11.8 Å². The molecule has 154 valence electrons. The van der Waals surface area contributed by atoms with E-state index in [0.717, 1.165) is 59.5 Å². The van der Waals surface area contributed by atoms with Crippen molar-refractivity contribution in [2.24, 2.45) is 5.10 Å². The predicted octanol–water partition coefficient (Wildman–Crippen LogP) is 4.93. The quantitative estimate of drug-likeness (QED) is 0.573. The Kier molecular flexibility index (Phi) is 5.81. The maximum absolute atomic E-state index is 12.9. The van der Waals surface area contributed by atoms with E-state index in [9.17, 15) is 9.59 Å². The zero-order valence-electron chi connectivity index (χ0n) is 17.0. The van der Waals surface area contributed by atoms with Crippen molar-refractivity contribution in [1.29, 1.82) is 0 Å². The number of nitrogens with one attached hydrogen (secondary N) is 2. The number of thiophene rings is 1. The summed E-state index contributed by atoms with van der Waals surface area (Å²) in [6.07, 6.45) is 3.14. The molecular weight excluding hydrogens is 398 g/mol. The van der Waals surface area contributed by atoms with E-state index in [1.807, 2.05) is 42.6 Å². The van der Waals surface area contributed by atoms with Crippen LogP contribution in [0.25, 0.3) is 0 Å². The molecule has 0 spiro atoms. The summed E-state index contributed by atoms with van der Waals surface area (Å²) in [5.74, 6) is 0.534. The van der Waals surface area contributed by atoms with Crippen molar-refractivity contribution >= 4 is 34.6 Å². The van der Waals surface area contributed by atoms with Crippen LogP contribution in [0.1, 0.15) is 62.4 Å². The van der Waals surface area contributed by atoms with Gasteiger partial charge in [0.2, 0.25) is 0 Å². The van der Waals surface area contributed by atoms with Gasteiger partial charge in [-0.2, -0.15) is 5.10 Å². The lowest BCUT2D eigenvalue weighted by molar-refractivity contribution is 0.0957. The first-order valence-electron chi connectivity index (χ1n) is 10.0. The van der Waals surface area contributed by atoms with Crippen LogP contribution >= 0.6 is 11.3 Å². The summed E-state index contributed by atoms with van der Waals surface area (Å²) in [4.78, 5) is 25.8. The Hall–Kier alpha value is -3.19. The van der Waals surface area contributed by atoms with Crippen LogP contribution in [0.5, 0.6) is 0 Å². The molecule has 0 atom stereocenters. The lowest BCUT2D eigenvalue weighted by Crippen LogP contribution is -2.21. The number of carbonyl (C=O) groups is 2. The second kappa shape index (κ2) is 8.67. The fourth-order valence-electron chi connectivity index (χ4n) is 3.71.